The van der Waals surface area contributed by atoms with Crippen LogP contribution in [0.15, 0.2) is 24.3 Å². The molecule has 0 bridgehead atoms. The third-order valence-electron chi connectivity index (χ3n) is 3.76. The highest BCUT2D eigenvalue weighted by Gasteiger charge is 2.31. The lowest BCUT2D eigenvalue weighted by molar-refractivity contribution is -0.137. The van der Waals surface area contributed by atoms with E-state index in [4.69, 9.17) is 0 Å². The highest BCUT2D eigenvalue weighted by molar-refractivity contribution is 5.94. The number of piperazine rings is 1. The molecule has 1 fully saturated rings. The number of hydrogen-bond acceptors (Lipinski definition) is 2. The van der Waals surface area contributed by atoms with Crippen LogP contribution in [0.25, 0.3) is 0 Å². The van der Waals surface area contributed by atoms with Gasteiger partial charge in [0, 0.05) is 31.2 Å². The van der Waals surface area contributed by atoms with Crippen LogP contribution in [-0.2, 0) is 6.18 Å². The fourth-order valence-corrected chi connectivity index (χ4v) is 2.39. The largest absolute Gasteiger partial charge is 0.416 e. The van der Waals surface area contributed by atoms with Crippen LogP contribution in [0.1, 0.15) is 29.8 Å². The Bertz CT molecular complexity index is 497. The van der Waals surface area contributed by atoms with Crippen LogP contribution in [0.2, 0.25) is 0 Å². The highest BCUT2D eigenvalue weighted by Crippen LogP contribution is 2.29. The van der Waals surface area contributed by atoms with Crippen LogP contribution in [0.3, 0.4) is 0 Å². The Morgan fingerprint density at radius 2 is 1.90 bits per heavy atom. The van der Waals surface area contributed by atoms with E-state index < -0.39 is 11.7 Å². The minimum atomic E-state index is -4.38. The first-order valence-electron chi connectivity index (χ1n) is 6.99. The quantitative estimate of drug-likeness (QED) is 0.911. The molecule has 0 spiro atoms. The molecular weight excluding hydrogens is 281 g/mol. The number of carbonyl (C=O) groups excluding carboxylic acids is 1. The Kier molecular flexibility index (Phi) is 4.56. The average Bonchev–Trinajstić information content (AvgIpc) is 2.46. The molecule has 0 aliphatic carbocycles. The lowest BCUT2D eigenvalue weighted by Gasteiger charge is -2.35. The predicted octanol–water partition coefficient (Wildman–Crippen LogP) is 2.78. The molecule has 1 atom stereocenters. The molecule has 1 N–H and O–H groups in total. The van der Waals surface area contributed by atoms with Crippen molar-refractivity contribution in [3.8, 4) is 0 Å². The Morgan fingerprint density at radius 3 is 2.43 bits per heavy atom. The van der Waals surface area contributed by atoms with E-state index >= 15 is 0 Å². The number of alkyl halides is 3. The van der Waals surface area contributed by atoms with Gasteiger partial charge in [0.1, 0.15) is 0 Å². The number of benzene rings is 1. The molecule has 0 saturated carbocycles. The monoisotopic (exact) mass is 300 g/mol. The van der Waals surface area contributed by atoms with Gasteiger partial charge in [-0.25, -0.2) is 0 Å². The molecule has 1 heterocycles. The zero-order valence-electron chi connectivity index (χ0n) is 12.1. The minimum Gasteiger partial charge on any atom is -0.336 e. The Balaban J connectivity index is 2.09. The Hall–Kier alpha value is -1.56. The number of nitrogens with zero attached hydrogens (tertiary/aromatic N) is 1. The van der Waals surface area contributed by atoms with Crippen molar-refractivity contribution < 1.29 is 18.0 Å². The number of amides is 1. The maximum Gasteiger partial charge on any atom is 0.416 e. The van der Waals surface area contributed by atoms with E-state index in [0.29, 0.717) is 31.1 Å². The molecule has 1 amide bonds. The number of nitrogens with one attached hydrogen (secondary N) is 1. The van der Waals surface area contributed by atoms with Crippen LogP contribution < -0.4 is 5.32 Å². The zero-order valence-corrected chi connectivity index (χ0v) is 12.1. The number of hydrogen-bond donors (Lipinski definition) is 1. The average molecular weight is 300 g/mol. The maximum atomic E-state index is 12.5. The van der Waals surface area contributed by atoms with Crippen LogP contribution in [0.5, 0.6) is 0 Å². The summed E-state index contributed by atoms with van der Waals surface area (Å²) in [5.41, 5.74) is -0.438. The maximum absolute atomic E-state index is 12.5. The molecule has 1 aliphatic heterocycles. The Morgan fingerprint density at radius 1 is 1.29 bits per heavy atom. The van der Waals surface area contributed by atoms with Crippen LogP contribution >= 0.6 is 0 Å². The van der Waals surface area contributed by atoms with Crippen molar-refractivity contribution in [1.29, 1.82) is 0 Å². The summed E-state index contributed by atoms with van der Waals surface area (Å²) in [5.74, 6) is 0.184. The van der Waals surface area contributed by atoms with Crippen molar-refractivity contribution in [3.05, 3.63) is 35.4 Å². The van der Waals surface area contributed by atoms with E-state index in [1.165, 1.54) is 12.1 Å². The summed E-state index contributed by atoms with van der Waals surface area (Å²) in [4.78, 5) is 14.0. The van der Waals surface area contributed by atoms with E-state index in [0.717, 1.165) is 12.1 Å². The van der Waals surface area contributed by atoms with Gasteiger partial charge in [-0.05, 0) is 30.2 Å². The van der Waals surface area contributed by atoms with Gasteiger partial charge in [-0.2, -0.15) is 13.2 Å². The smallest absolute Gasteiger partial charge is 0.336 e. The molecule has 1 saturated heterocycles. The van der Waals surface area contributed by atoms with Crippen LogP contribution in [-0.4, -0.2) is 36.5 Å². The standard InChI is InChI=1S/C15H19F3N2O/c1-10(2)13-9-20(8-7-19-13)14(21)11-3-5-12(6-4-11)15(16,17)18/h3-6,10,13,19H,7-9H2,1-2H3. The molecule has 1 aliphatic rings. The first kappa shape index (κ1) is 15.8. The van der Waals surface area contributed by atoms with Gasteiger partial charge in [0.05, 0.1) is 5.56 Å². The van der Waals surface area contributed by atoms with Gasteiger partial charge >= 0.3 is 6.18 Å². The van der Waals surface area contributed by atoms with Crippen molar-refractivity contribution in [2.75, 3.05) is 19.6 Å². The van der Waals surface area contributed by atoms with Crippen LogP contribution in [0.4, 0.5) is 13.2 Å². The summed E-state index contributed by atoms with van der Waals surface area (Å²) < 4.78 is 37.5. The van der Waals surface area contributed by atoms with Crippen molar-refractivity contribution >= 4 is 5.91 Å². The topological polar surface area (TPSA) is 32.3 Å². The number of halogens is 3. The predicted molar refractivity (Wildman–Crippen MR) is 74.0 cm³/mol. The van der Waals surface area contributed by atoms with E-state index in [2.05, 4.69) is 19.2 Å². The molecule has 2 rings (SSSR count). The fraction of sp³-hybridized carbons (Fsp3) is 0.533. The molecule has 6 heteroatoms. The van der Waals surface area contributed by atoms with Crippen molar-refractivity contribution in [2.24, 2.45) is 5.92 Å². The second kappa shape index (κ2) is 6.05. The van der Waals surface area contributed by atoms with Gasteiger partial charge < -0.3 is 10.2 Å². The molecular formula is C15H19F3N2O. The summed E-state index contributed by atoms with van der Waals surface area (Å²) in [5, 5.41) is 3.34. The van der Waals surface area contributed by atoms with Gasteiger partial charge in [0.25, 0.3) is 5.91 Å². The fourth-order valence-electron chi connectivity index (χ4n) is 2.39. The van der Waals surface area contributed by atoms with E-state index in [1.807, 2.05) is 0 Å². The first-order valence-corrected chi connectivity index (χ1v) is 6.99. The minimum absolute atomic E-state index is 0.212. The van der Waals surface area contributed by atoms with Crippen molar-refractivity contribution in [1.82, 2.24) is 10.2 Å². The number of carbonyl (C=O) groups is 1. The molecule has 1 aromatic carbocycles. The molecule has 3 nitrogen and oxygen atoms in total. The molecule has 116 valence electrons. The second-order valence-electron chi connectivity index (χ2n) is 5.63. The molecule has 21 heavy (non-hydrogen) atoms. The van der Waals surface area contributed by atoms with Gasteiger partial charge in [-0.1, -0.05) is 13.8 Å². The lowest BCUT2D eigenvalue weighted by Crippen LogP contribution is -2.54. The SMILES string of the molecule is CC(C)C1CN(C(=O)c2ccc(C(F)(F)F)cc2)CCN1. The van der Waals surface area contributed by atoms with Crippen molar-refractivity contribution in [2.45, 2.75) is 26.1 Å². The zero-order chi connectivity index (χ0) is 15.6. The third-order valence-corrected chi connectivity index (χ3v) is 3.76. The second-order valence-corrected chi connectivity index (χ2v) is 5.63. The molecule has 1 unspecified atom stereocenters. The van der Waals surface area contributed by atoms with Crippen molar-refractivity contribution in [3.63, 3.8) is 0 Å². The summed E-state index contributed by atoms with van der Waals surface area (Å²) in [6.45, 7) is 6.00. The molecule has 0 radical (unpaired) electrons. The van der Waals surface area contributed by atoms with E-state index in [9.17, 15) is 18.0 Å². The van der Waals surface area contributed by atoms with Gasteiger partial charge in [-0.15, -0.1) is 0 Å². The van der Waals surface area contributed by atoms with Crippen LogP contribution in [0, 0.1) is 5.92 Å². The Labute approximate surface area is 122 Å². The first-order chi connectivity index (χ1) is 9.79. The summed E-state index contributed by atoms with van der Waals surface area (Å²) in [6.07, 6.45) is -4.38. The van der Waals surface area contributed by atoms with Gasteiger partial charge in [-0.3, -0.25) is 4.79 Å². The third kappa shape index (κ3) is 3.75. The van der Waals surface area contributed by atoms with E-state index in [1.54, 1.807) is 4.90 Å². The summed E-state index contributed by atoms with van der Waals surface area (Å²) in [7, 11) is 0. The number of rotatable bonds is 2. The lowest BCUT2D eigenvalue weighted by atomic mass is 10.0. The summed E-state index contributed by atoms with van der Waals surface area (Å²) in [6, 6.07) is 4.62. The van der Waals surface area contributed by atoms with Gasteiger partial charge in [0.2, 0.25) is 0 Å². The summed E-state index contributed by atoms with van der Waals surface area (Å²) >= 11 is 0. The van der Waals surface area contributed by atoms with E-state index in [-0.39, 0.29) is 11.9 Å². The normalized spacial score (nSPS) is 19.9. The van der Waals surface area contributed by atoms with Gasteiger partial charge in [0.15, 0.2) is 0 Å². The molecule has 1 aromatic rings. The molecule has 0 aromatic heterocycles. The highest BCUT2D eigenvalue weighted by atomic mass is 19.4.